The van der Waals surface area contributed by atoms with Gasteiger partial charge in [-0.2, -0.15) is 4.31 Å². The zero-order valence-electron chi connectivity index (χ0n) is 17.6. The van der Waals surface area contributed by atoms with Crippen molar-refractivity contribution in [2.45, 2.75) is 41.5 Å². The van der Waals surface area contributed by atoms with Crippen LogP contribution in [0.3, 0.4) is 0 Å². The van der Waals surface area contributed by atoms with Crippen LogP contribution in [-0.4, -0.2) is 52.0 Å². The standard InChI is InChI=1S/C21H23FN4O5S2/c22-15-8-10-17(11-9-15)33(30,31)26-13-3-6-19(26)21(27)24-16-4-1-5-18(14-16)32(28,29)25-20-7-2-12-23-20/h1,4-5,8-11,14,19H,2-3,6-7,12-13H2,(H,23,25)(H,24,27)/t19-/m1/s1. The number of anilines is 1. The SMILES string of the molecule is O=C(Nc1cccc(S(=O)(=O)NC2=NCCC2)c1)[C@H]1CCCN1S(=O)(=O)c1ccc(F)cc1. The van der Waals surface area contributed by atoms with Crippen LogP contribution in [-0.2, 0) is 24.8 Å². The Morgan fingerprint density at radius 1 is 1.03 bits per heavy atom. The van der Waals surface area contributed by atoms with Gasteiger partial charge in [-0.25, -0.2) is 21.2 Å². The first-order valence-corrected chi connectivity index (χ1v) is 13.3. The zero-order chi connectivity index (χ0) is 23.6. The van der Waals surface area contributed by atoms with Gasteiger partial charge >= 0.3 is 0 Å². The maximum atomic E-state index is 13.2. The van der Waals surface area contributed by atoms with Crippen LogP contribution < -0.4 is 10.0 Å². The Bertz CT molecular complexity index is 1290. The molecule has 176 valence electrons. The average molecular weight is 495 g/mol. The molecule has 2 N–H and O–H groups in total. The van der Waals surface area contributed by atoms with Gasteiger partial charge in [0.15, 0.2) is 0 Å². The molecule has 4 rings (SSSR count). The summed E-state index contributed by atoms with van der Waals surface area (Å²) in [6.45, 7) is 0.727. The Balaban J connectivity index is 1.51. The molecule has 0 saturated carbocycles. The molecule has 0 bridgehead atoms. The normalized spacial score (nSPS) is 19.3. The number of nitrogens with zero attached hydrogens (tertiary/aromatic N) is 2. The Hall–Kier alpha value is -2.83. The Labute approximate surface area is 191 Å². The Kier molecular flexibility index (Phi) is 6.50. The molecule has 0 spiro atoms. The zero-order valence-corrected chi connectivity index (χ0v) is 19.2. The van der Waals surface area contributed by atoms with E-state index >= 15 is 0 Å². The predicted molar refractivity (Wildman–Crippen MR) is 120 cm³/mol. The van der Waals surface area contributed by atoms with Crippen molar-refractivity contribution < 1.29 is 26.0 Å². The highest BCUT2D eigenvalue weighted by molar-refractivity contribution is 7.90. The highest BCUT2D eigenvalue weighted by atomic mass is 32.2. The van der Waals surface area contributed by atoms with E-state index in [4.69, 9.17) is 0 Å². The summed E-state index contributed by atoms with van der Waals surface area (Å²) in [5, 5.41) is 2.63. The lowest BCUT2D eigenvalue weighted by atomic mass is 10.2. The lowest BCUT2D eigenvalue weighted by Crippen LogP contribution is -2.43. The van der Waals surface area contributed by atoms with Crippen molar-refractivity contribution >= 4 is 37.5 Å². The van der Waals surface area contributed by atoms with Crippen LogP contribution in [0.15, 0.2) is 63.3 Å². The molecule has 1 fully saturated rings. The highest BCUT2D eigenvalue weighted by Gasteiger charge is 2.39. The largest absolute Gasteiger partial charge is 0.325 e. The maximum absolute atomic E-state index is 13.2. The molecule has 9 nitrogen and oxygen atoms in total. The minimum Gasteiger partial charge on any atom is -0.325 e. The number of rotatable bonds is 6. The van der Waals surface area contributed by atoms with Crippen molar-refractivity contribution in [3.63, 3.8) is 0 Å². The summed E-state index contributed by atoms with van der Waals surface area (Å²) in [5.74, 6) is -0.730. The number of amides is 1. The summed E-state index contributed by atoms with van der Waals surface area (Å²) in [7, 11) is -7.86. The topological polar surface area (TPSA) is 125 Å². The van der Waals surface area contributed by atoms with E-state index in [2.05, 4.69) is 15.0 Å². The van der Waals surface area contributed by atoms with Crippen molar-refractivity contribution in [3.8, 4) is 0 Å². The van der Waals surface area contributed by atoms with Crippen LogP contribution in [0.4, 0.5) is 10.1 Å². The van der Waals surface area contributed by atoms with Crippen LogP contribution in [0.5, 0.6) is 0 Å². The van der Waals surface area contributed by atoms with Gasteiger partial charge in [0.1, 0.15) is 17.7 Å². The quantitative estimate of drug-likeness (QED) is 0.636. The number of carbonyl (C=O) groups is 1. The van der Waals surface area contributed by atoms with E-state index in [1.807, 2.05) is 0 Å². The fraction of sp³-hybridized carbons (Fsp3) is 0.333. The van der Waals surface area contributed by atoms with Crippen molar-refractivity contribution in [1.82, 2.24) is 9.03 Å². The maximum Gasteiger partial charge on any atom is 0.262 e. The minimum absolute atomic E-state index is 0.0443. The lowest BCUT2D eigenvalue weighted by molar-refractivity contribution is -0.119. The molecule has 0 unspecified atom stereocenters. The van der Waals surface area contributed by atoms with Crippen LogP contribution in [0.2, 0.25) is 0 Å². The third-order valence-electron chi connectivity index (χ3n) is 5.46. The number of hydrogen-bond acceptors (Lipinski definition) is 6. The first-order chi connectivity index (χ1) is 15.7. The number of aliphatic imine (C=N–C) groups is 1. The molecule has 2 heterocycles. The number of benzene rings is 2. The molecule has 1 saturated heterocycles. The second-order valence-electron chi connectivity index (χ2n) is 7.78. The summed E-state index contributed by atoms with van der Waals surface area (Å²) >= 11 is 0. The van der Waals surface area contributed by atoms with Gasteiger partial charge in [0.05, 0.1) is 9.79 Å². The number of halogens is 1. The van der Waals surface area contributed by atoms with E-state index in [9.17, 15) is 26.0 Å². The van der Waals surface area contributed by atoms with Crippen LogP contribution in [0.1, 0.15) is 25.7 Å². The second-order valence-corrected chi connectivity index (χ2v) is 11.4. The Morgan fingerprint density at radius 3 is 2.48 bits per heavy atom. The van der Waals surface area contributed by atoms with E-state index in [0.717, 1.165) is 35.0 Å². The molecule has 2 aromatic carbocycles. The van der Waals surface area contributed by atoms with E-state index < -0.39 is 37.8 Å². The number of sulfonamides is 2. The van der Waals surface area contributed by atoms with Crippen LogP contribution in [0.25, 0.3) is 0 Å². The van der Waals surface area contributed by atoms with Crippen molar-refractivity contribution in [2.24, 2.45) is 4.99 Å². The van der Waals surface area contributed by atoms with E-state index in [1.54, 1.807) is 0 Å². The summed E-state index contributed by atoms with van der Waals surface area (Å²) < 4.78 is 68.0. The van der Waals surface area contributed by atoms with Gasteiger partial charge in [0.2, 0.25) is 15.9 Å². The number of amidine groups is 1. The number of nitrogens with one attached hydrogen (secondary N) is 2. The molecule has 12 heteroatoms. The van der Waals surface area contributed by atoms with Crippen molar-refractivity contribution in [2.75, 3.05) is 18.4 Å². The monoisotopic (exact) mass is 494 g/mol. The second kappa shape index (κ2) is 9.20. The molecule has 1 amide bonds. The molecule has 2 aromatic rings. The third kappa shape index (κ3) is 5.07. The van der Waals surface area contributed by atoms with Gasteiger partial charge in [0.25, 0.3) is 10.0 Å². The van der Waals surface area contributed by atoms with Gasteiger partial charge in [0, 0.05) is 25.2 Å². The first-order valence-electron chi connectivity index (χ1n) is 10.4. The molecule has 1 atom stereocenters. The predicted octanol–water partition coefficient (Wildman–Crippen LogP) is 2.09. The van der Waals surface area contributed by atoms with Gasteiger partial charge < -0.3 is 5.32 Å². The molecule has 0 aromatic heterocycles. The highest BCUT2D eigenvalue weighted by Crippen LogP contribution is 2.27. The van der Waals surface area contributed by atoms with E-state index in [1.165, 1.54) is 24.3 Å². The summed E-state index contributed by atoms with van der Waals surface area (Å²) in [6, 6.07) is 9.18. The van der Waals surface area contributed by atoms with Crippen LogP contribution in [0, 0.1) is 5.82 Å². The van der Waals surface area contributed by atoms with Crippen molar-refractivity contribution in [1.29, 1.82) is 0 Å². The molecular formula is C21H23FN4O5S2. The van der Waals surface area contributed by atoms with Gasteiger partial charge in [-0.3, -0.25) is 14.5 Å². The molecule has 2 aliphatic rings. The van der Waals surface area contributed by atoms with E-state index in [-0.39, 0.29) is 22.0 Å². The van der Waals surface area contributed by atoms with Gasteiger partial charge in [-0.15, -0.1) is 0 Å². The van der Waals surface area contributed by atoms with E-state index in [0.29, 0.717) is 31.6 Å². The average Bonchev–Trinajstić information content (AvgIpc) is 3.46. The molecule has 33 heavy (non-hydrogen) atoms. The van der Waals surface area contributed by atoms with Gasteiger partial charge in [-0.1, -0.05) is 6.07 Å². The summed E-state index contributed by atoms with van der Waals surface area (Å²) in [5.41, 5.74) is 0.224. The Morgan fingerprint density at radius 2 is 1.79 bits per heavy atom. The molecule has 2 aliphatic heterocycles. The summed E-state index contributed by atoms with van der Waals surface area (Å²) in [6.07, 6.45) is 2.13. The van der Waals surface area contributed by atoms with Crippen LogP contribution >= 0.6 is 0 Å². The summed E-state index contributed by atoms with van der Waals surface area (Å²) in [4.78, 5) is 16.9. The van der Waals surface area contributed by atoms with Crippen molar-refractivity contribution in [3.05, 3.63) is 54.3 Å². The smallest absolute Gasteiger partial charge is 0.262 e. The number of carbonyl (C=O) groups excluding carboxylic acids is 1. The first kappa shape index (κ1) is 23.3. The fourth-order valence-corrected chi connectivity index (χ4v) is 6.63. The molecule has 0 aliphatic carbocycles. The molecular weight excluding hydrogens is 471 g/mol. The number of hydrogen-bond donors (Lipinski definition) is 2. The van der Waals surface area contributed by atoms with Gasteiger partial charge in [-0.05, 0) is 61.7 Å². The third-order valence-corrected chi connectivity index (χ3v) is 8.77. The fourth-order valence-electron chi connectivity index (χ4n) is 3.84. The molecule has 0 radical (unpaired) electrons. The lowest BCUT2D eigenvalue weighted by Gasteiger charge is -2.23. The minimum atomic E-state index is -4.00.